The highest BCUT2D eigenvalue weighted by atomic mass is 16.2. The Morgan fingerprint density at radius 3 is 2.60 bits per heavy atom. The lowest BCUT2D eigenvalue weighted by molar-refractivity contribution is -0.120. The Labute approximate surface area is 147 Å². The lowest BCUT2D eigenvalue weighted by atomic mass is 9.97. The molecular weight excluding hydrogens is 316 g/mol. The number of aromatic nitrogens is 1. The van der Waals surface area contributed by atoms with Gasteiger partial charge in [-0.1, -0.05) is 37.3 Å². The standard InChI is InChI=1S/C19H24N4O2/c1-13-9-23(10-14-6-4-3-5-7-14)12-16(13)19(25)21-15-8-17(18(20)24)22(2)11-15/h3-8,11,13,16H,9-10,12H2,1-2H3,(H2,20,24)(H,21,25)/t13-,16-/m1/s1. The van der Waals surface area contributed by atoms with Gasteiger partial charge in [-0.3, -0.25) is 14.5 Å². The van der Waals surface area contributed by atoms with Gasteiger partial charge in [0.15, 0.2) is 0 Å². The van der Waals surface area contributed by atoms with Crippen molar-refractivity contribution in [3.63, 3.8) is 0 Å². The zero-order valence-electron chi connectivity index (χ0n) is 14.6. The smallest absolute Gasteiger partial charge is 0.265 e. The van der Waals surface area contributed by atoms with Crippen molar-refractivity contribution in [2.75, 3.05) is 18.4 Å². The van der Waals surface area contributed by atoms with Gasteiger partial charge in [-0.25, -0.2) is 0 Å². The molecule has 3 rings (SSSR count). The zero-order chi connectivity index (χ0) is 18.0. The highest BCUT2D eigenvalue weighted by Gasteiger charge is 2.34. The van der Waals surface area contributed by atoms with Gasteiger partial charge in [-0.15, -0.1) is 0 Å². The number of hydrogen-bond acceptors (Lipinski definition) is 3. The summed E-state index contributed by atoms with van der Waals surface area (Å²) in [4.78, 5) is 26.3. The Bertz CT molecular complexity index is 769. The average molecular weight is 340 g/mol. The molecule has 2 atom stereocenters. The van der Waals surface area contributed by atoms with Crippen molar-refractivity contribution in [2.45, 2.75) is 13.5 Å². The largest absolute Gasteiger partial charge is 0.364 e. The van der Waals surface area contributed by atoms with Gasteiger partial charge in [0.2, 0.25) is 5.91 Å². The molecule has 0 bridgehead atoms. The molecule has 6 heteroatoms. The number of anilines is 1. The van der Waals surface area contributed by atoms with E-state index in [4.69, 9.17) is 5.73 Å². The molecule has 0 aliphatic carbocycles. The molecule has 2 aromatic rings. The maximum absolute atomic E-state index is 12.7. The number of hydrogen-bond donors (Lipinski definition) is 2. The zero-order valence-corrected chi connectivity index (χ0v) is 14.6. The van der Waals surface area contributed by atoms with Crippen LogP contribution < -0.4 is 11.1 Å². The lowest BCUT2D eigenvalue weighted by Crippen LogP contribution is -2.28. The molecule has 6 nitrogen and oxygen atoms in total. The van der Waals surface area contributed by atoms with E-state index in [9.17, 15) is 9.59 Å². The highest BCUT2D eigenvalue weighted by molar-refractivity contribution is 5.96. The normalized spacial score (nSPS) is 20.6. The topological polar surface area (TPSA) is 80.4 Å². The van der Waals surface area contributed by atoms with Gasteiger partial charge in [-0.05, 0) is 17.5 Å². The second kappa shape index (κ2) is 7.11. The molecule has 132 valence electrons. The van der Waals surface area contributed by atoms with Gasteiger partial charge in [0.05, 0.1) is 11.6 Å². The molecule has 1 aromatic carbocycles. The average Bonchev–Trinajstić information content (AvgIpc) is 3.11. The van der Waals surface area contributed by atoms with E-state index in [1.165, 1.54) is 5.56 Å². The lowest BCUT2D eigenvalue weighted by Gasteiger charge is -2.15. The van der Waals surface area contributed by atoms with E-state index in [0.717, 1.165) is 19.6 Å². The minimum atomic E-state index is -0.508. The summed E-state index contributed by atoms with van der Waals surface area (Å²) in [7, 11) is 1.73. The molecule has 0 saturated carbocycles. The number of likely N-dealkylation sites (tertiary alicyclic amines) is 1. The Kier molecular flexibility index (Phi) is 4.90. The molecule has 0 spiro atoms. The van der Waals surface area contributed by atoms with Gasteiger partial charge in [-0.2, -0.15) is 0 Å². The minimum Gasteiger partial charge on any atom is -0.364 e. The maximum Gasteiger partial charge on any atom is 0.265 e. The quantitative estimate of drug-likeness (QED) is 0.871. The third kappa shape index (κ3) is 3.91. The number of carbonyl (C=O) groups excluding carboxylic acids is 2. The molecule has 3 N–H and O–H groups in total. The summed E-state index contributed by atoms with van der Waals surface area (Å²) in [5, 5.41) is 2.92. The number of aryl methyl sites for hydroxylation is 1. The molecule has 25 heavy (non-hydrogen) atoms. The molecule has 0 unspecified atom stereocenters. The van der Waals surface area contributed by atoms with Crippen molar-refractivity contribution >= 4 is 17.5 Å². The molecule has 1 aliphatic heterocycles. The van der Waals surface area contributed by atoms with Gasteiger partial charge in [0.1, 0.15) is 5.69 Å². The first-order valence-electron chi connectivity index (χ1n) is 8.47. The Morgan fingerprint density at radius 2 is 1.96 bits per heavy atom. The van der Waals surface area contributed by atoms with Crippen LogP contribution in [0.15, 0.2) is 42.6 Å². The van der Waals surface area contributed by atoms with Crippen molar-refractivity contribution in [2.24, 2.45) is 24.6 Å². The number of nitrogens with zero attached hydrogens (tertiary/aromatic N) is 2. The van der Waals surface area contributed by atoms with Gasteiger partial charge < -0.3 is 15.6 Å². The van der Waals surface area contributed by atoms with Crippen LogP contribution in [0.3, 0.4) is 0 Å². The predicted octanol–water partition coefficient (Wildman–Crippen LogP) is 1.83. The first-order chi connectivity index (χ1) is 11.9. The van der Waals surface area contributed by atoms with Crippen molar-refractivity contribution in [3.8, 4) is 0 Å². The molecule has 1 aromatic heterocycles. The monoisotopic (exact) mass is 340 g/mol. The third-order valence-corrected chi connectivity index (χ3v) is 4.80. The van der Waals surface area contributed by atoms with Gasteiger partial charge in [0, 0.05) is 32.9 Å². The van der Waals surface area contributed by atoms with Crippen LogP contribution in [-0.2, 0) is 18.4 Å². The number of benzene rings is 1. The maximum atomic E-state index is 12.7. The number of nitrogens with two attached hydrogens (primary N) is 1. The van der Waals surface area contributed by atoms with E-state index >= 15 is 0 Å². The Morgan fingerprint density at radius 1 is 1.24 bits per heavy atom. The minimum absolute atomic E-state index is 0.00955. The molecular formula is C19H24N4O2. The fourth-order valence-electron chi connectivity index (χ4n) is 3.49. The van der Waals surface area contributed by atoms with E-state index in [1.54, 1.807) is 23.9 Å². The van der Waals surface area contributed by atoms with Crippen molar-refractivity contribution in [1.29, 1.82) is 0 Å². The number of primary amides is 1. The molecule has 2 heterocycles. The highest BCUT2D eigenvalue weighted by Crippen LogP contribution is 2.26. The van der Waals surface area contributed by atoms with Crippen LogP contribution in [0.1, 0.15) is 23.0 Å². The second-order valence-electron chi connectivity index (χ2n) is 6.84. The van der Waals surface area contributed by atoms with Crippen LogP contribution in [0.2, 0.25) is 0 Å². The van der Waals surface area contributed by atoms with Crippen LogP contribution in [0, 0.1) is 11.8 Å². The third-order valence-electron chi connectivity index (χ3n) is 4.80. The SMILES string of the molecule is C[C@@H]1CN(Cc2ccccc2)C[C@H]1C(=O)Nc1cc(C(N)=O)n(C)c1. The van der Waals surface area contributed by atoms with E-state index < -0.39 is 5.91 Å². The number of rotatable bonds is 5. The molecule has 2 amide bonds. The van der Waals surface area contributed by atoms with Crippen LogP contribution in [0.5, 0.6) is 0 Å². The van der Waals surface area contributed by atoms with Crippen molar-refractivity contribution in [1.82, 2.24) is 9.47 Å². The Hall–Kier alpha value is -2.60. The number of amides is 2. The fraction of sp³-hybridized carbons (Fsp3) is 0.368. The van der Waals surface area contributed by atoms with E-state index in [0.29, 0.717) is 11.4 Å². The first kappa shape index (κ1) is 17.2. The summed E-state index contributed by atoms with van der Waals surface area (Å²) in [6, 6.07) is 11.9. The van der Waals surface area contributed by atoms with Crippen LogP contribution in [0.4, 0.5) is 5.69 Å². The van der Waals surface area contributed by atoms with Gasteiger partial charge >= 0.3 is 0 Å². The number of nitrogens with one attached hydrogen (secondary N) is 1. The van der Waals surface area contributed by atoms with E-state index in [2.05, 4.69) is 29.3 Å². The first-order valence-corrected chi connectivity index (χ1v) is 8.47. The summed E-state index contributed by atoms with van der Waals surface area (Å²) in [6.45, 7) is 4.59. The summed E-state index contributed by atoms with van der Waals surface area (Å²) in [6.07, 6.45) is 1.71. The molecule has 0 radical (unpaired) electrons. The summed E-state index contributed by atoms with van der Waals surface area (Å²) in [5.74, 6) is -0.306. The molecule has 1 saturated heterocycles. The molecule has 1 aliphatic rings. The molecule has 1 fully saturated rings. The van der Waals surface area contributed by atoms with Crippen LogP contribution >= 0.6 is 0 Å². The number of carbonyl (C=O) groups is 2. The van der Waals surface area contributed by atoms with E-state index in [-0.39, 0.29) is 17.7 Å². The van der Waals surface area contributed by atoms with Crippen LogP contribution in [-0.4, -0.2) is 34.4 Å². The Balaban J connectivity index is 1.62. The van der Waals surface area contributed by atoms with Gasteiger partial charge in [0.25, 0.3) is 5.91 Å². The fourth-order valence-corrected chi connectivity index (χ4v) is 3.49. The second-order valence-corrected chi connectivity index (χ2v) is 6.84. The summed E-state index contributed by atoms with van der Waals surface area (Å²) in [5.41, 5.74) is 7.55. The predicted molar refractivity (Wildman–Crippen MR) is 96.9 cm³/mol. The van der Waals surface area contributed by atoms with Crippen molar-refractivity contribution in [3.05, 3.63) is 53.9 Å². The van der Waals surface area contributed by atoms with Crippen LogP contribution in [0.25, 0.3) is 0 Å². The van der Waals surface area contributed by atoms with Crippen molar-refractivity contribution < 1.29 is 9.59 Å². The van der Waals surface area contributed by atoms with E-state index in [1.807, 2.05) is 18.2 Å². The summed E-state index contributed by atoms with van der Waals surface area (Å²) < 4.78 is 1.62. The summed E-state index contributed by atoms with van der Waals surface area (Å²) >= 11 is 0.